The lowest BCUT2D eigenvalue weighted by atomic mass is 10.2. The van der Waals surface area contributed by atoms with Gasteiger partial charge in [0.1, 0.15) is 11.5 Å². The minimum absolute atomic E-state index is 0.240. The van der Waals surface area contributed by atoms with Gasteiger partial charge < -0.3 is 10.5 Å². The first-order chi connectivity index (χ1) is 11.5. The Morgan fingerprint density at radius 3 is 2.50 bits per heavy atom. The number of nitrogens with two attached hydrogens (primary N) is 1. The van der Waals surface area contributed by atoms with Crippen LogP contribution >= 0.6 is 0 Å². The van der Waals surface area contributed by atoms with Crippen LogP contribution in [0.3, 0.4) is 0 Å². The van der Waals surface area contributed by atoms with Crippen LogP contribution in [0.5, 0.6) is 11.5 Å². The smallest absolute Gasteiger partial charge is 0.240 e. The van der Waals surface area contributed by atoms with Crippen LogP contribution in [-0.2, 0) is 10.0 Å². The zero-order valence-corrected chi connectivity index (χ0v) is 14.4. The number of benzene rings is 2. The lowest BCUT2D eigenvalue weighted by Crippen LogP contribution is -2.26. The third-order valence-corrected chi connectivity index (χ3v) is 5.71. The van der Waals surface area contributed by atoms with E-state index in [4.69, 9.17) is 10.5 Å². The molecule has 1 saturated carbocycles. The first-order valence-electron chi connectivity index (χ1n) is 8.02. The summed E-state index contributed by atoms with van der Waals surface area (Å²) < 4.78 is 33.0. The summed E-state index contributed by atoms with van der Waals surface area (Å²) >= 11 is 0. The second-order valence-corrected chi connectivity index (χ2v) is 8.00. The van der Waals surface area contributed by atoms with Crippen LogP contribution in [-0.4, -0.2) is 21.5 Å². The summed E-state index contributed by atoms with van der Waals surface area (Å²) in [6, 6.07) is 14.1. The highest BCUT2D eigenvalue weighted by molar-refractivity contribution is 7.89. The molecule has 128 valence electrons. The Hall–Kier alpha value is -1.89. The minimum Gasteiger partial charge on any atom is -0.457 e. The van der Waals surface area contributed by atoms with Crippen LogP contribution in [0.4, 0.5) is 0 Å². The Kier molecular flexibility index (Phi) is 4.89. The molecule has 2 atom stereocenters. The molecule has 2 aromatic rings. The molecule has 0 aliphatic heterocycles. The van der Waals surface area contributed by atoms with E-state index in [1.807, 2.05) is 31.2 Å². The zero-order valence-electron chi connectivity index (χ0n) is 13.6. The van der Waals surface area contributed by atoms with Gasteiger partial charge >= 0.3 is 0 Å². The number of hydrogen-bond acceptors (Lipinski definition) is 4. The summed E-state index contributed by atoms with van der Waals surface area (Å²) in [4.78, 5) is 0.240. The Labute approximate surface area is 142 Å². The van der Waals surface area contributed by atoms with Gasteiger partial charge in [-0.1, -0.05) is 12.1 Å². The van der Waals surface area contributed by atoms with E-state index in [-0.39, 0.29) is 4.90 Å². The maximum atomic E-state index is 12.3. The Morgan fingerprint density at radius 1 is 1.12 bits per heavy atom. The van der Waals surface area contributed by atoms with Gasteiger partial charge in [-0.25, -0.2) is 13.1 Å². The molecule has 1 fully saturated rings. The van der Waals surface area contributed by atoms with E-state index in [1.165, 1.54) is 0 Å². The SMILES string of the molecule is Cc1cccc(Oc2ccc(S(=O)(=O)NCC3CC3CN)cc2)c1. The summed E-state index contributed by atoms with van der Waals surface area (Å²) in [5.74, 6) is 2.15. The van der Waals surface area contributed by atoms with Crippen molar-refractivity contribution in [3.05, 3.63) is 54.1 Å². The monoisotopic (exact) mass is 346 g/mol. The Bertz CT molecular complexity index is 803. The van der Waals surface area contributed by atoms with Gasteiger partial charge in [-0.05, 0) is 73.7 Å². The Morgan fingerprint density at radius 2 is 1.88 bits per heavy atom. The molecule has 0 heterocycles. The normalized spacial score (nSPS) is 19.9. The summed E-state index contributed by atoms with van der Waals surface area (Å²) in [6.45, 7) is 3.06. The molecule has 1 aliphatic rings. The fraction of sp³-hybridized carbons (Fsp3) is 0.333. The average molecular weight is 346 g/mol. The summed E-state index contributed by atoms with van der Waals surface area (Å²) in [7, 11) is -3.49. The largest absolute Gasteiger partial charge is 0.457 e. The molecule has 0 amide bonds. The third-order valence-electron chi connectivity index (χ3n) is 4.27. The van der Waals surface area contributed by atoms with Crippen LogP contribution in [0.25, 0.3) is 0 Å². The van der Waals surface area contributed by atoms with E-state index in [1.54, 1.807) is 24.3 Å². The molecular weight excluding hydrogens is 324 g/mol. The molecule has 2 aromatic carbocycles. The van der Waals surface area contributed by atoms with Gasteiger partial charge in [0.05, 0.1) is 4.90 Å². The van der Waals surface area contributed by atoms with Gasteiger partial charge in [0.2, 0.25) is 10.0 Å². The van der Waals surface area contributed by atoms with Crippen molar-refractivity contribution in [2.45, 2.75) is 18.2 Å². The fourth-order valence-electron chi connectivity index (χ4n) is 2.65. The van der Waals surface area contributed by atoms with Crippen molar-refractivity contribution in [2.24, 2.45) is 17.6 Å². The molecule has 2 unspecified atom stereocenters. The number of hydrogen-bond donors (Lipinski definition) is 2. The van der Waals surface area contributed by atoms with E-state index in [0.29, 0.717) is 30.7 Å². The molecular formula is C18H22N2O3S. The van der Waals surface area contributed by atoms with Gasteiger partial charge in [0, 0.05) is 6.54 Å². The van der Waals surface area contributed by atoms with E-state index in [0.717, 1.165) is 17.7 Å². The number of sulfonamides is 1. The van der Waals surface area contributed by atoms with Crippen molar-refractivity contribution >= 4 is 10.0 Å². The first-order valence-corrected chi connectivity index (χ1v) is 9.50. The summed E-state index contributed by atoms with van der Waals surface area (Å²) in [6.07, 6.45) is 1.00. The first kappa shape index (κ1) is 17.0. The van der Waals surface area contributed by atoms with Crippen molar-refractivity contribution in [3.8, 4) is 11.5 Å². The fourth-order valence-corrected chi connectivity index (χ4v) is 3.75. The second-order valence-electron chi connectivity index (χ2n) is 6.23. The van der Waals surface area contributed by atoms with Gasteiger partial charge in [-0.2, -0.15) is 0 Å². The van der Waals surface area contributed by atoms with E-state index >= 15 is 0 Å². The molecule has 0 aromatic heterocycles. The quantitative estimate of drug-likeness (QED) is 0.807. The molecule has 3 rings (SSSR count). The molecule has 0 bridgehead atoms. The Balaban J connectivity index is 1.63. The second kappa shape index (κ2) is 6.93. The van der Waals surface area contributed by atoms with E-state index < -0.39 is 10.0 Å². The highest BCUT2D eigenvalue weighted by atomic mass is 32.2. The van der Waals surface area contributed by atoms with Gasteiger partial charge in [0.25, 0.3) is 0 Å². The van der Waals surface area contributed by atoms with Crippen LogP contribution < -0.4 is 15.2 Å². The average Bonchev–Trinajstić information content (AvgIpc) is 3.32. The molecule has 24 heavy (non-hydrogen) atoms. The highest BCUT2D eigenvalue weighted by Crippen LogP contribution is 2.36. The standard InChI is InChI=1S/C18H22N2O3S/c1-13-3-2-4-17(9-13)23-16-5-7-18(8-6-16)24(21,22)20-12-15-10-14(15)11-19/h2-9,14-15,20H,10-12,19H2,1H3. The van der Waals surface area contributed by atoms with Crippen LogP contribution in [0.2, 0.25) is 0 Å². The van der Waals surface area contributed by atoms with E-state index in [9.17, 15) is 8.42 Å². The molecule has 0 spiro atoms. The number of aryl methyl sites for hydroxylation is 1. The van der Waals surface area contributed by atoms with Crippen molar-refractivity contribution in [1.82, 2.24) is 4.72 Å². The summed E-state index contributed by atoms with van der Waals surface area (Å²) in [5, 5.41) is 0. The lowest BCUT2D eigenvalue weighted by Gasteiger charge is -2.09. The molecule has 1 aliphatic carbocycles. The number of ether oxygens (including phenoxy) is 1. The van der Waals surface area contributed by atoms with Crippen molar-refractivity contribution in [1.29, 1.82) is 0 Å². The van der Waals surface area contributed by atoms with Gasteiger partial charge in [0.15, 0.2) is 0 Å². The summed E-state index contributed by atoms with van der Waals surface area (Å²) in [5.41, 5.74) is 6.68. The topological polar surface area (TPSA) is 81.4 Å². The lowest BCUT2D eigenvalue weighted by molar-refractivity contribution is 0.481. The molecule has 0 radical (unpaired) electrons. The zero-order chi connectivity index (χ0) is 17.2. The maximum Gasteiger partial charge on any atom is 0.240 e. The highest BCUT2D eigenvalue weighted by Gasteiger charge is 2.36. The molecule has 3 N–H and O–H groups in total. The third kappa shape index (κ3) is 4.14. The number of rotatable bonds is 7. The van der Waals surface area contributed by atoms with Crippen molar-refractivity contribution < 1.29 is 13.2 Å². The van der Waals surface area contributed by atoms with Crippen molar-refractivity contribution in [2.75, 3.05) is 13.1 Å². The van der Waals surface area contributed by atoms with Crippen molar-refractivity contribution in [3.63, 3.8) is 0 Å². The van der Waals surface area contributed by atoms with Crippen LogP contribution in [0.1, 0.15) is 12.0 Å². The van der Waals surface area contributed by atoms with Crippen LogP contribution in [0.15, 0.2) is 53.4 Å². The van der Waals surface area contributed by atoms with Crippen LogP contribution in [0, 0.1) is 18.8 Å². The minimum atomic E-state index is -3.49. The van der Waals surface area contributed by atoms with Gasteiger partial charge in [-0.3, -0.25) is 0 Å². The molecule has 5 nitrogen and oxygen atoms in total. The van der Waals surface area contributed by atoms with E-state index in [2.05, 4.69) is 4.72 Å². The maximum absolute atomic E-state index is 12.3. The predicted molar refractivity (Wildman–Crippen MR) is 93.5 cm³/mol. The predicted octanol–water partition coefficient (Wildman–Crippen LogP) is 2.66. The molecule has 6 heteroatoms. The van der Waals surface area contributed by atoms with Gasteiger partial charge in [-0.15, -0.1) is 0 Å². The molecule has 0 saturated heterocycles. The number of nitrogens with one attached hydrogen (secondary N) is 1.